The number of carbonyl (C=O) groups is 1. The van der Waals surface area contributed by atoms with Crippen molar-refractivity contribution < 1.29 is 9.90 Å². The fourth-order valence-corrected chi connectivity index (χ4v) is 3.47. The summed E-state index contributed by atoms with van der Waals surface area (Å²) in [6.45, 7) is 0. The molecular formula is C22H20N2O2. The van der Waals surface area contributed by atoms with Crippen LogP contribution in [0, 0.1) is 0 Å². The van der Waals surface area contributed by atoms with Crippen LogP contribution in [0.1, 0.15) is 40.7 Å². The van der Waals surface area contributed by atoms with Gasteiger partial charge in [-0.2, -0.15) is 5.10 Å². The van der Waals surface area contributed by atoms with Crippen molar-refractivity contribution in [2.75, 3.05) is 0 Å². The summed E-state index contributed by atoms with van der Waals surface area (Å²) in [4.78, 5) is 12.6. The number of nitrogens with zero attached hydrogens (tertiary/aromatic N) is 1. The molecule has 0 aliphatic heterocycles. The zero-order valence-corrected chi connectivity index (χ0v) is 14.4. The minimum absolute atomic E-state index is 0.0392. The topological polar surface area (TPSA) is 61.7 Å². The number of carbonyl (C=O) groups excluding carboxylic acids is 1. The summed E-state index contributed by atoms with van der Waals surface area (Å²) in [6.07, 6.45) is 4.04. The number of fused-ring (bicyclic) bond motifs is 2. The van der Waals surface area contributed by atoms with Crippen molar-refractivity contribution in [3.8, 4) is 5.75 Å². The van der Waals surface area contributed by atoms with Gasteiger partial charge in [0.2, 0.25) is 0 Å². The fourth-order valence-electron chi connectivity index (χ4n) is 3.47. The first-order valence-electron chi connectivity index (χ1n) is 8.89. The van der Waals surface area contributed by atoms with Crippen LogP contribution in [-0.2, 0) is 6.42 Å². The third kappa shape index (κ3) is 3.18. The molecule has 0 aromatic heterocycles. The number of benzene rings is 3. The number of hydrogen-bond acceptors (Lipinski definition) is 3. The zero-order valence-electron chi connectivity index (χ0n) is 14.4. The molecule has 4 nitrogen and oxygen atoms in total. The largest absolute Gasteiger partial charge is 0.507 e. The van der Waals surface area contributed by atoms with Crippen molar-refractivity contribution in [2.45, 2.75) is 25.7 Å². The van der Waals surface area contributed by atoms with Crippen LogP contribution in [0.25, 0.3) is 10.8 Å². The summed E-state index contributed by atoms with van der Waals surface area (Å²) in [7, 11) is 0. The van der Waals surface area contributed by atoms with Gasteiger partial charge in [0.05, 0.1) is 11.3 Å². The lowest BCUT2D eigenvalue weighted by Gasteiger charge is -2.09. The summed E-state index contributed by atoms with van der Waals surface area (Å²) in [5.74, 6) is -0.440. The number of aryl methyl sites for hydroxylation is 1. The van der Waals surface area contributed by atoms with E-state index in [4.69, 9.17) is 0 Å². The molecule has 0 unspecified atom stereocenters. The molecular weight excluding hydrogens is 324 g/mol. The molecule has 1 aliphatic carbocycles. The predicted octanol–water partition coefficient (Wildman–Crippen LogP) is 4.41. The Morgan fingerprint density at radius 1 is 0.923 bits per heavy atom. The highest BCUT2D eigenvalue weighted by Crippen LogP contribution is 2.25. The first-order valence-corrected chi connectivity index (χ1v) is 8.89. The molecule has 1 aliphatic rings. The van der Waals surface area contributed by atoms with Gasteiger partial charge in [0.25, 0.3) is 5.91 Å². The van der Waals surface area contributed by atoms with E-state index in [0.717, 1.165) is 47.7 Å². The third-order valence-electron chi connectivity index (χ3n) is 4.84. The number of hydrazone groups is 1. The van der Waals surface area contributed by atoms with Crippen LogP contribution >= 0.6 is 0 Å². The summed E-state index contributed by atoms with van der Waals surface area (Å²) in [6, 6.07) is 19.1. The van der Waals surface area contributed by atoms with E-state index in [9.17, 15) is 9.90 Å². The Morgan fingerprint density at radius 3 is 2.46 bits per heavy atom. The Labute approximate surface area is 152 Å². The van der Waals surface area contributed by atoms with E-state index in [1.54, 1.807) is 12.1 Å². The molecule has 4 rings (SSSR count). The quantitative estimate of drug-likeness (QED) is 0.534. The van der Waals surface area contributed by atoms with E-state index in [0.29, 0.717) is 0 Å². The fraction of sp³-hybridized carbons (Fsp3) is 0.182. The van der Waals surface area contributed by atoms with Gasteiger partial charge in [0.15, 0.2) is 0 Å². The number of phenols is 1. The minimum atomic E-state index is -0.400. The van der Waals surface area contributed by atoms with Crippen LogP contribution in [0.4, 0.5) is 0 Å². The Hall–Kier alpha value is -3.14. The molecule has 2 N–H and O–H groups in total. The standard InChI is InChI=1S/C22H20N2O2/c25-21-14-17-10-2-1-9-16(17)13-19(21)22(26)24-23-20-12-6-4-8-15-7-3-5-11-18(15)20/h1-3,5,7,9-11,13-14,25H,4,6,8,12H2,(H,24,26)/b23-20-. The number of hydrogen-bond donors (Lipinski definition) is 2. The lowest BCUT2D eigenvalue weighted by molar-refractivity contribution is 0.0952. The van der Waals surface area contributed by atoms with Gasteiger partial charge in [-0.1, -0.05) is 48.5 Å². The van der Waals surface area contributed by atoms with Gasteiger partial charge in [-0.05, 0) is 54.2 Å². The molecule has 0 radical (unpaired) electrons. The minimum Gasteiger partial charge on any atom is -0.507 e. The lowest BCUT2D eigenvalue weighted by atomic mass is 10.0. The van der Waals surface area contributed by atoms with E-state index < -0.39 is 5.91 Å². The number of nitrogens with one attached hydrogen (secondary N) is 1. The Balaban J connectivity index is 1.63. The highest BCUT2D eigenvalue weighted by molar-refractivity contribution is 6.05. The number of aromatic hydroxyl groups is 1. The van der Waals surface area contributed by atoms with Crippen LogP contribution in [0.2, 0.25) is 0 Å². The number of amides is 1. The second-order valence-corrected chi connectivity index (χ2v) is 6.58. The van der Waals surface area contributed by atoms with Crippen molar-refractivity contribution >= 4 is 22.4 Å². The zero-order chi connectivity index (χ0) is 17.9. The van der Waals surface area contributed by atoms with Gasteiger partial charge in [-0.15, -0.1) is 0 Å². The Kier molecular flexibility index (Phi) is 4.40. The van der Waals surface area contributed by atoms with E-state index in [1.807, 2.05) is 36.4 Å². The molecule has 4 heteroatoms. The molecule has 3 aromatic rings. The summed E-state index contributed by atoms with van der Waals surface area (Å²) >= 11 is 0. The average molecular weight is 344 g/mol. The van der Waals surface area contributed by atoms with Crippen LogP contribution in [0.15, 0.2) is 65.8 Å². The molecule has 0 spiro atoms. The second-order valence-electron chi connectivity index (χ2n) is 6.58. The molecule has 0 atom stereocenters. The van der Waals surface area contributed by atoms with Gasteiger partial charge in [-0.3, -0.25) is 4.79 Å². The average Bonchev–Trinajstić information content (AvgIpc) is 2.88. The number of phenolic OH excluding ortho intramolecular Hbond substituents is 1. The van der Waals surface area contributed by atoms with E-state index in [2.05, 4.69) is 22.7 Å². The summed E-state index contributed by atoms with van der Waals surface area (Å²) in [5, 5.41) is 16.4. The maximum Gasteiger partial charge on any atom is 0.275 e. The van der Waals surface area contributed by atoms with Crippen LogP contribution < -0.4 is 5.43 Å². The van der Waals surface area contributed by atoms with Crippen molar-refractivity contribution in [3.05, 3.63) is 77.4 Å². The van der Waals surface area contributed by atoms with Crippen LogP contribution in [-0.4, -0.2) is 16.7 Å². The van der Waals surface area contributed by atoms with Crippen LogP contribution in [0.3, 0.4) is 0 Å². The Bertz CT molecular complexity index is 1010. The van der Waals surface area contributed by atoms with Gasteiger partial charge in [0, 0.05) is 5.56 Å². The predicted molar refractivity (Wildman–Crippen MR) is 104 cm³/mol. The van der Waals surface area contributed by atoms with Crippen molar-refractivity contribution in [1.29, 1.82) is 0 Å². The lowest BCUT2D eigenvalue weighted by Crippen LogP contribution is -2.20. The normalized spacial score (nSPS) is 15.5. The molecule has 0 saturated carbocycles. The molecule has 3 aromatic carbocycles. The molecule has 130 valence electrons. The molecule has 0 fully saturated rings. The highest BCUT2D eigenvalue weighted by atomic mass is 16.3. The highest BCUT2D eigenvalue weighted by Gasteiger charge is 2.15. The summed E-state index contributed by atoms with van der Waals surface area (Å²) in [5.41, 5.74) is 6.13. The second kappa shape index (κ2) is 7.00. The first kappa shape index (κ1) is 16.3. The molecule has 0 bridgehead atoms. The van der Waals surface area contributed by atoms with E-state index in [1.165, 1.54) is 5.56 Å². The van der Waals surface area contributed by atoms with Gasteiger partial charge in [0.1, 0.15) is 5.75 Å². The molecule has 0 saturated heterocycles. The maximum absolute atomic E-state index is 12.6. The van der Waals surface area contributed by atoms with E-state index >= 15 is 0 Å². The summed E-state index contributed by atoms with van der Waals surface area (Å²) < 4.78 is 0. The molecule has 26 heavy (non-hydrogen) atoms. The van der Waals surface area contributed by atoms with Gasteiger partial charge < -0.3 is 5.11 Å². The van der Waals surface area contributed by atoms with Gasteiger partial charge in [-0.25, -0.2) is 5.43 Å². The third-order valence-corrected chi connectivity index (χ3v) is 4.84. The van der Waals surface area contributed by atoms with E-state index in [-0.39, 0.29) is 11.3 Å². The SMILES string of the molecule is O=C(N/N=C1/CCCCc2ccccc21)c1cc2ccccc2cc1O. The monoisotopic (exact) mass is 344 g/mol. The molecule has 1 amide bonds. The smallest absolute Gasteiger partial charge is 0.275 e. The van der Waals surface area contributed by atoms with Crippen molar-refractivity contribution in [2.24, 2.45) is 5.10 Å². The van der Waals surface area contributed by atoms with Crippen LogP contribution in [0.5, 0.6) is 5.75 Å². The van der Waals surface area contributed by atoms with Crippen molar-refractivity contribution in [3.63, 3.8) is 0 Å². The molecule has 0 heterocycles. The number of rotatable bonds is 2. The Morgan fingerprint density at radius 2 is 1.62 bits per heavy atom. The first-order chi connectivity index (χ1) is 12.7. The maximum atomic E-state index is 12.6. The van der Waals surface area contributed by atoms with Gasteiger partial charge >= 0.3 is 0 Å². The van der Waals surface area contributed by atoms with Crippen molar-refractivity contribution in [1.82, 2.24) is 5.43 Å².